The summed E-state index contributed by atoms with van der Waals surface area (Å²) in [5.74, 6) is 0.180. The average Bonchev–Trinajstić information content (AvgIpc) is 3.15. The van der Waals surface area contributed by atoms with Crippen molar-refractivity contribution in [1.29, 1.82) is 0 Å². The molecule has 0 fully saturated rings. The number of anilines is 1. The maximum atomic E-state index is 12.1. The lowest BCUT2D eigenvalue weighted by atomic mass is 10.2. The molecule has 0 spiro atoms. The molecule has 0 aliphatic rings. The Labute approximate surface area is 152 Å². The zero-order valence-corrected chi connectivity index (χ0v) is 15.3. The summed E-state index contributed by atoms with van der Waals surface area (Å²) in [7, 11) is 0. The first-order valence-corrected chi connectivity index (χ1v) is 9.51. The summed E-state index contributed by atoms with van der Waals surface area (Å²) in [5, 5.41) is 13.1. The Morgan fingerprint density at radius 1 is 1.24 bits per heavy atom. The fourth-order valence-corrected chi connectivity index (χ4v) is 4.27. The molecule has 0 unspecified atom stereocenters. The minimum Gasteiger partial charge on any atom is -0.325 e. The Morgan fingerprint density at radius 3 is 2.84 bits per heavy atom. The lowest BCUT2D eigenvalue weighted by Gasteiger charge is -2.04. The normalized spacial score (nSPS) is 11.3. The van der Waals surface area contributed by atoms with Crippen LogP contribution in [0.4, 0.5) is 5.69 Å². The van der Waals surface area contributed by atoms with Crippen LogP contribution in [0, 0.1) is 13.8 Å². The van der Waals surface area contributed by atoms with Crippen molar-refractivity contribution >= 4 is 50.6 Å². The number of aryl methyl sites for hydroxylation is 2. The Balaban J connectivity index is 1.56. The number of amides is 1. The van der Waals surface area contributed by atoms with Gasteiger partial charge in [-0.3, -0.25) is 9.20 Å². The first kappa shape index (κ1) is 16.0. The number of aromatic nitrogens is 4. The summed E-state index contributed by atoms with van der Waals surface area (Å²) >= 11 is 3.01. The van der Waals surface area contributed by atoms with Gasteiger partial charge in [-0.2, -0.15) is 0 Å². The molecular weight excluding hydrogens is 354 g/mol. The highest BCUT2D eigenvalue weighted by molar-refractivity contribution is 7.99. The van der Waals surface area contributed by atoms with Crippen molar-refractivity contribution in [1.82, 2.24) is 19.6 Å². The van der Waals surface area contributed by atoms with E-state index in [0.29, 0.717) is 5.16 Å². The van der Waals surface area contributed by atoms with Crippen molar-refractivity contribution < 1.29 is 4.79 Å². The van der Waals surface area contributed by atoms with E-state index in [2.05, 4.69) is 34.3 Å². The third-order valence-corrected chi connectivity index (χ3v) is 5.99. The number of carbonyl (C=O) groups is 1. The van der Waals surface area contributed by atoms with E-state index < -0.39 is 0 Å². The first-order valence-electron chi connectivity index (χ1n) is 7.70. The molecule has 4 aromatic rings. The molecule has 25 heavy (non-hydrogen) atoms. The van der Waals surface area contributed by atoms with Gasteiger partial charge in [-0.1, -0.05) is 30.0 Å². The second-order valence-corrected chi connectivity index (χ2v) is 7.73. The van der Waals surface area contributed by atoms with Crippen LogP contribution in [0.2, 0.25) is 0 Å². The van der Waals surface area contributed by atoms with Crippen LogP contribution in [0.1, 0.15) is 10.4 Å². The van der Waals surface area contributed by atoms with E-state index in [9.17, 15) is 4.79 Å². The van der Waals surface area contributed by atoms with Gasteiger partial charge < -0.3 is 5.32 Å². The smallest absolute Gasteiger partial charge is 0.234 e. The molecule has 126 valence electrons. The number of fused-ring (bicyclic) bond motifs is 3. The molecular formula is C17H15N5OS2. The summed E-state index contributed by atoms with van der Waals surface area (Å²) in [6, 6.07) is 9.40. The summed E-state index contributed by atoms with van der Waals surface area (Å²) in [4.78, 5) is 18.8. The number of thiophene rings is 1. The molecule has 8 heteroatoms. The lowest BCUT2D eigenvalue weighted by Crippen LogP contribution is -2.14. The van der Waals surface area contributed by atoms with Crippen LogP contribution in [-0.4, -0.2) is 31.2 Å². The van der Waals surface area contributed by atoms with Crippen molar-refractivity contribution in [3.8, 4) is 0 Å². The second kappa shape index (κ2) is 6.45. The van der Waals surface area contributed by atoms with Gasteiger partial charge in [0.15, 0.2) is 10.8 Å². The molecule has 0 aliphatic carbocycles. The highest BCUT2D eigenvalue weighted by Crippen LogP contribution is 2.32. The van der Waals surface area contributed by atoms with E-state index >= 15 is 0 Å². The highest BCUT2D eigenvalue weighted by atomic mass is 32.2. The van der Waals surface area contributed by atoms with Crippen molar-refractivity contribution in [3.63, 3.8) is 0 Å². The molecule has 0 radical (unpaired) electrons. The molecule has 0 bridgehead atoms. The monoisotopic (exact) mass is 369 g/mol. The summed E-state index contributed by atoms with van der Waals surface area (Å²) in [5.41, 5.74) is 2.76. The van der Waals surface area contributed by atoms with E-state index in [1.807, 2.05) is 34.7 Å². The lowest BCUT2D eigenvalue weighted by molar-refractivity contribution is -0.113. The van der Waals surface area contributed by atoms with Gasteiger partial charge in [-0.25, -0.2) is 4.98 Å². The van der Waals surface area contributed by atoms with Gasteiger partial charge in [0.25, 0.3) is 0 Å². The fourth-order valence-electron chi connectivity index (χ4n) is 2.57. The second-order valence-electron chi connectivity index (χ2n) is 5.59. The third-order valence-electron chi connectivity index (χ3n) is 3.94. The minimum absolute atomic E-state index is 0.0791. The van der Waals surface area contributed by atoms with Crippen molar-refractivity contribution in [2.45, 2.75) is 19.0 Å². The van der Waals surface area contributed by atoms with Crippen molar-refractivity contribution in [3.05, 3.63) is 47.1 Å². The number of hydrogen-bond acceptors (Lipinski definition) is 6. The molecule has 4 rings (SSSR count). The number of para-hydroxylation sites is 1. The van der Waals surface area contributed by atoms with Gasteiger partial charge >= 0.3 is 0 Å². The highest BCUT2D eigenvalue weighted by Gasteiger charge is 2.16. The van der Waals surface area contributed by atoms with Gasteiger partial charge in [-0.15, -0.1) is 21.5 Å². The van der Waals surface area contributed by atoms with E-state index in [-0.39, 0.29) is 11.7 Å². The maximum Gasteiger partial charge on any atom is 0.234 e. The Kier molecular flexibility index (Phi) is 4.14. The number of rotatable bonds is 4. The van der Waals surface area contributed by atoms with E-state index in [4.69, 9.17) is 0 Å². The summed E-state index contributed by atoms with van der Waals surface area (Å²) in [6.07, 6.45) is 1.73. The minimum atomic E-state index is -0.0791. The molecule has 0 atom stereocenters. The van der Waals surface area contributed by atoms with Crippen LogP contribution in [0.25, 0.3) is 15.9 Å². The SMILES string of the molecule is Cc1sc2ncn3c(SCC(=O)Nc4ccccc4)nnc3c2c1C. The quantitative estimate of drug-likeness (QED) is 0.556. The fraction of sp³-hybridized carbons (Fsp3) is 0.176. The van der Waals surface area contributed by atoms with E-state index in [1.165, 1.54) is 22.2 Å². The van der Waals surface area contributed by atoms with Crippen LogP contribution < -0.4 is 5.32 Å². The predicted molar refractivity (Wildman–Crippen MR) is 101 cm³/mol. The number of nitrogens with one attached hydrogen (secondary N) is 1. The van der Waals surface area contributed by atoms with Gasteiger partial charge in [0, 0.05) is 10.6 Å². The maximum absolute atomic E-state index is 12.1. The Bertz CT molecular complexity index is 1070. The number of thioether (sulfide) groups is 1. The predicted octanol–water partition coefficient (Wildman–Crippen LogP) is 3.69. The van der Waals surface area contributed by atoms with Gasteiger partial charge in [0.1, 0.15) is 11.2 Å². The van der Waals surface area contributed by atoms with Crippen LogP contribution in [0.5, 0.6) is 0 Å². The Hall–Kier alpha value is -2.45. The zero-order valence-electron chi connectivity index (χ0n) is 13.7. The molecule has 0 saturated carbocycles. The molecule has 0 aliphatic heterocycles. The van der Waals surface area contributed by atoms with E-state index in [0.717, 1.165) is 21.6 Å². The van der Waals surface area contributed by atoms with Gasteiger partial charge in [-0.05, 0) is 31.5 Å². The molecule has 1 N–H and O–H groups in total. The number of carbonyl (C=O) groups excluding carboxylic acids is 1. The number of benzene rings is 1. The van der Waals surface area contributed by atoms with Crippen molar-refractivity contribution in [2.75, 3.05) is 11.1 Å². The van der Waals surface area contributed by atoms with Gasteiger partial charge in [0.2, 0.25) is 5.91 Å². The topological polar surface area (TPSA) is 72.2 Å². The number of nitrogens with zero attached hydrogens (tertiary/aromatic N) is 4. The van der Waals surface area contributed by atoms with Crippen LogP contribution in [-0.2, 0) is 4.79 Å². The summed E-state index contributed by atoms with van der Waals surface area (Å²) < 4.78 is 1.85. The molecule has 1 amide bonds. The number of hydrogen-bond donors (Lipinski definition) is 1. The van der Waals surface area contributed by atoms with Gasteiger partial charge in [0.05, 0.1) is 11.1 Å². The molecule has 0 saturated heterocycles. The van der Waals surface area contributed by atoms with Crippen LogP contribution >= 0.6 is 23.1 Å². The average molecular weight is 369 g/mol. The van der Waals surface area contributed by atoms with Crippen molar-refractivity contribution in [2.24, 2.45) is 0 Å². The third kappa shape index (κ3) is 2.98. The first-order chi connectivity index (χ1) is 12.1. The van der Waals surface area contributed by atoms with Crippen LogP contribution in [0.15, 0.2) is 41.8 Å². The standard InChI is InChI=1S/C17H15N5OS2/c1-10-11(2)25-16-14(10)15-20-21-17(22(15)9-18-16)24-8-13(23)19-12-6-4-3-5-7-12/h3-7,9H,8H2,1-2H3,(H,19,23). The molecule has 3 aromatic heterocycles. The summed E-state index contributed by atoms with van der Waals surface area (Å²) in [6.45, 7) is 4.16. The zero-order chi connectivity index (χ0) is 17.4. The van der Waals surface area contributed by atoms with Crippen LogP contribution in [0.3, 0.4) is 0 Å². The van der Waals surface area contributed by atoms with E-state index in [1.54, 1.807) is 17.7 Å². The largest absolute Gasteiger partial charge is 0.325 e. The molecule has 6 nitrogen and oxygen atoms in total. The Morgan fingerprint density at radius 2 is 2.04 bits per heavy atom. The molecule has 3 heterocycles. The molecule has 1 aromatic carbocycles.